The Morgan fingerprint density at radius 3 is 2.22 bits per heavy atom. The van der Waals surface area contributed by atoms with Crippen LogP contribution in [0, 0.1) is 0 Å². The van der Waals surface area contributed by atoms with Gasteiger partial charge in [-0.15, -0.1) is 3.89 Å². The fourth-order valence-corrected chi connectivity index (χ4v) is 0.980. The molecule has 2 N–H and O–H groups in total. The topological polar surface area (TPSA) is 60.2 Å². The van der Waals surface area contributed by atoms with Crippen LogP contribution in [0.15, 0.2) is 0 Å². The van der Waals surface area contributed by atoms with E-state index < -0.39 is 16.0 Å². The number of hydrogen-bond donors (Lipinski definition) is 1. The predicted octanol–water partition coefficient (Wildman–Crippen LogP) is 0.0230. The van der Waals surface area contributed by atoms with E-state index >= 15 is 0 Å². The Morgan fingerprint density at radius 2 is 2.11 bits per heavy atom. The predicted molar refractivity (Wildman–Crippen MR) is 33.2 cm³/mol. The highest BCUT2D eigenvalue weighted by Gasteiger charge is 2.07. The van der Waals surface area contributed by atoms with Crippen LogP contribution in [0.4, 0.5) is 3.89 Å². The summed E-state index contributed by atoms with van der Waals surface area (Å²) in [5, 5.41) is 0. The lowest BCUT2D eigenvalue weighted by Gasteiger charge is -1.98. The zero-order valence-electron chi connectivity index (χ0n) is 5.17. The molecule has 0 saturated carbocycles. The minimum absolute atomic E-state index is 0.179. The van der Waals surface area contributed by atoms with Crippen molar-refractivity contribution in [2.75, 3.05) is 5.75 Å². The number of rotatable bonds is 3. The molecule has 0 fully saturated rings. The molecule has 0 aromatic carbocycles. The van der Waals surface area contributed by atoms with Crippen molar-refractivity contribution in [1.82, 2.24) is 0 Å². The van der Waals surface area contributed by atoms with Gasteiger partial charge in [-0.3, -0.25) is 0 Å². The number of halogens is 1. The second-order valence-corrected chi connectivity index (χ2v) is 3.49. The average molecular weight is 155 g/mol. The Kier molecular flexibility index (Phi) is 3.07. The van der Waals surface area contributed by atoms with Gasteiger partial charge in [-0.25, -0.2) is 0 Å². The van der Waals surface area contributed by atoms with Crippen molar-refractivity contribution in [2.45, 2.75) is 19.4 Å². The minimum atomic E-state index is -4.30. The summed E-state index contributed by atoms with van der Waals surface area (Å²) < 4.78 is 31.3. The second kappa shape index (κ2) is 3.12. The lowest BCUT2D eigenvalue weighted by atomic mass is 10.3. The van der Waals surface area contributed by atoms with Crippen LogP contribution in [0.3, 0.4) is 0 Å². The van der Waals surface area contributed by atoms with Crippen molar-refractivity contribution in [3.8, 4) is 0 Å². The zero-order valence-corrected chi connectivity index (χ0v) is 5.99. The molecule has 0 saturated heterocycles. The molecule has 3 nitrogen and oxygen atoms in total. The summed E-state index contributed by atoms with van der Waals surface area (Å²) in [7, 11) is -4.30. The first-order valence-electron chi connectivity index (χ1n) is 2.60. The van der Waals surface area contributed by atoms with Crippen LogP contribution in [0.5, 0.6) is 0 Å². The maximum absolute atomic E-state index is 11.7. The van der Waals surface area contributed by atoms with Crippen LogP contribution in [0.2, 0.25) is 0 Å². The summed E-state index contributed by atoms with van der Waals surface area (Å²) in [5.74, 6) is -0.468. The molecule has 0 aliphatic carbocycles. The van der Waals surface area contributed by atoms with Crippen molar-refractivity contribution >= 4 is 10.2 Å². The van der Waals surface area contributed by atoms with Crippen LogP contribution < -0.4 is 5.73 Å². The van der Waals surface area contributed by atoms with Crippen molar-refractivity contribution in [3.63, 3.8) is 0 Å². The summed E-state index contributed by atoms with van der Waals surface area (Å²) in [6, 6.07) is -0.254. The van der Waals surface area contributed by atoms with Gasteiger partial charge in [0.25, 0.3) is 0 Å². The van der Waals surface area contributed by atoms with Gasteiger partial charge in [0.15, 0.2) is 0 Å². The Hall–Kier alpha value is -0.160. The van der Waals surface area contributed by atoms with Crippen LogP contribution in [0.25, 0.3) is 0 Å². The van der Waals surface area contributed by atoms with Gasteiger partial charge >= 0.3 is 10.2 Å². The first-order chi connectivity index (χ1) is 3.92. The normalized spacial score (nSPS) is 15.4. The van der Waals surface area contributed by atoms with Gasteiger partial charge < -0.3 is 5.73 Å². The van der Waals surface area contributed by atoms with E-state index in [-0.39, 0.29) is 12.5 Å². The van der Waals surface area contributed by atoms with E-state index in [0.29, 0.717) is 0 Å². The van der Waals surface area contributed by atoms with E-state index in [1.54, 1.807) is 6.92 Å². The van der Waals surface area contributed by atoms with Crippen molar-refractivity contribution < 1.29 is 12.3 Å². The van der Waals surface area contributed by atoms with Crippen molar-refractivity contribution in [1.29, 1.82) is 0 Å². The number of nitrogens with two attached hydrogens (primary N) is 1. The highest BCUT2D eigenvalue weighted by atomic mass is 32.3. The highest BCUT2D eigenvalue weighted by molar-refractivity contribution is 7.86. The Balaban J connectivity index is 3.53. The molecule has 0 amide bonds. The van der Waals surface area contributed by atoms with Gasteiger partial charge in [0.05, 0.1) is 5.75 Å². The lowest BCUT2D eigenvalue weighted by molar-refractivity contribution is 0.544. The third-order valence-electron chi connectivity index (χ3n) is 0.817. The van der Waals surface area contributed by atoms with E-state index in [4.69, 9.17) is 5.73 Å². The fourth-order valence-electron chi connectivity index (χ4n) is 0.327. The van der Waals surface area contributed by atoms with Crippen LogP contribution in [0.1, 0.15) is 13.3 Å². The summed E-state index contributed by atoms with van der Waals surface area (Å²) in [6.07, 6.45) is 0.179. The van der Waals surface area contributed by atoms with Gasteiger partial charge in [0, 0.05) is 6.04 Å². The molecule has 1 atom stereocenters. The minimum Gasteiger partial charge on any atom is -0.328 e. The first kappa shape index (κ1) is 8.84. The third-order valence-corrected chi connectivity index (χ3v) is 1.54. The quantitative estimate of drug-likeness (QED) is 0.584. The lowest BCUT2D eigenvalue weighted by Crippen LogP contribution is -2.18. The van der Waals surface area contributed by atoms with E-state index in [2.05, 4.69) is 0 Å². The molecule has 0 aliphatic rings. The summed E-state index contributed by atoms with van der Waals surface area (Å²) in [4.78, 5) is 0. The van der Waals surface area contributed by atoms with E-state index in [1.165, 1.54) is 0 Å². The maximum atomic E-state index is 11.7. The van der Waals surface area contributed by atoms with Gasteiger partial charge in [-0.2, -0.15) is 8.42 Å². The second-order valence-electron chi connectivity index (χ2n) is 2.01. The molecule has 0 bridgehead atoms. The molecule has 0 spiro atoms. The monoisotopic (exact) mass is 155 g/mol. The molecule has 0 radical (unpaired) electrons. The smallest absolute Gasteiger partial charge is 0.302 e. The molecule has 0 rings (SSSR count). The molecule has 0 aromatic heterocycles. The maximum Gasteiger partial charge on any atom is 0.302 e. The van der Waals surface area contributed by atoms with Crippen LogP contribution >= 0.6 is 0 Å². The van der Waals surface area contributed by atoms with Gasteiger partial charge in [-0.1, -0.05) is 0 Å². The van der Waals surface area contributed by atoms with Gasteiger partial charge in [-0.05, 0) is 13.3 Å². The fraction of sp³-hybridized carbons (Fsp3) is 1.00. The Morgan fingerprint density at radius 1 is 1.67 bits per heavy atom. The largest absolute Gasteiger partial charge is 0.328 e. The van der Waals surface area contributed by atoms with Crippen LogP contribution in [-0.4, -0.2) is 20.2 Å². The number of hydrogen-bond acceptors (Lipinski definition) is 3. The average Bonchev–Trinajstić information content (AvgIpc) is 1.59. The molecular formula is C4H10FNO2S. The molecular weight excluding hydrogens is 145 g/mol. The van der Waals surface area contributed by atoms with Gasteiger partial charge in [0.2, 0.25) is 0 Å². The molecule has 0 aliphatic heterocycles. The SMILES string of the molecule is CC(N)CCS(=O)(=O)F. The third kappa shape index (κ3) is 7.84. The molecule has 0 aromatic rings. The Labute approximate surface area is 54.3 Å². The van der Waals surface area contributed by atoms with Crippen LogP contribution in [-0.2, 0) is 10.2 Å². The first-order valence-corrected chi connectivity index (χ1v) is 4.15. The molecule has 9 heavy (non-hydrogen) atoms. The molecule has 5 heteroatoms. The highest BCUT2D eigenvalue weighted by Crippen LogP contribution is 1.95. The van der Waals surface area contributed by atoms with Crippen molar-refractivity contribution in [3.05, 3.63) is 0 Å². The Bertz CT molecular complexity index is 163. The van der Waals surface area contributed by atoms with Gasteiger partial charge in [0.1, 0.15) is 0 Å². The van der Waals surface area contributed by atoms with E-state index in [1.807, 2.05) is 0 Å². The summed E-state index contributed by atoms with van der Waals surface area (Å²) in [6.45, 7) is 1.63. The molecule has 1 unspecified atom stereocenters. The molecule has 0 heterocycles. The summed E-state index contributed by atoms with van der Waals surface area (Å²) >= 11 is 0. The van der Waals surface area contributed by atoms with Crippen molar-refractivity contribution in [2.24, 2.45) is 5.73 Å². The standard InChI is InChI=1S/C4H10FNO2S/c1-4(6)2-3-9(5,7)8/h4H,2-3,6H2,1H3. The van der Waals surface area contributed by atoms with E-state index in [0.717, 1.165) is 0 Å². The summed E-state index contributed by atoms with van der Waals surface area (Å²) in [5.41, 5.74) is 5.17. The van der Waals surface area contributed by atoms with E-state index in [9.17, 15) is 12.3 Å². The molecule has 56 valence electrons. The zero-order chi connectivity index (χ0) is 7.49.